The minimum atomic E-state index is -0.285. The fourth-order valence-electron chi connectivity index (χ4n) is 1.65. The van der Waals surface area contributed by atoms with Crippen LogP contribution in [0.4, 0.5) is 4.39 Å². The Balaban J connectivity index is 2.24. The van der Waals surface area contributed by atoms with Crippen LogP contribution in [-0.2, 0) is 6.42 Å². The maximum atomic E-state index is 13.2. The Bertz CT molecular complexity index is 490. The monoisotopic (exact) mass is 235 g/mol. The number of aliphatic hydroxyl groups is 1. The average molecular weight is 235 g/mol. The Hall–Kier alpha value is -1.75. The third-order valence-corrected chi connectivity index (χ3v) is 2.42. The molecule has 0 unspecified atom stereocenters. The minimum absolute atomic E-state index is 0.131. The van der Waals surface area contributed by atoms with Crippen LogP contribution < -0.4 is 0 Å². The van der Waals surface area contributed by atoms with Crippen molar-refractivity contribution in [2.24, 2.45) is 0 Å². The first-order chi connectivity index (χ1) is 8.19. The lowest BCUT2D eigenvalue weighted by Crippen LogP contribution is -1.96. The number of rotatable bonds is 4. The van der Waals surface area contributed by atoms with Gasteiger partial charge in [0, 0.05) is 6.61 Å². The van der Waals surface area contributed by atoms with Gasteiger partial charge < -0.3 is 5.11 Å². The van der Waals surface area contributed by atoms with Gasteiger partial charge in [0.15, 0.2) is 0 Å². The van der Waals surface area contributed by atoms with Crippen molar-refractivity contribution in [3.05, 3.63) is 41.5 Å². The van der Waals surface area contributed by atoms with Gasteiger partial charge in [-0.25, -0.2) is 9.07 Å². The van der Waals surface area contributed by atoms with E-state index in [1.54, 1.807) is 10.9 Å². The second kappa shape index (κ2) is 5.05. The van der Waals surface area contributed by atoms with Crippen molar-refractivity contribution in [3.63, 3.8) is 0 Å². The van der Waals surface area contributed by atoms with E-state index < -0.39 is 0 Å². The van der Waals surface area contributed by atoms with Gasteiger partial charge in [-0.15, -0.1) is 5.10 Å². The number of hydrogen-bond acceptors (Lipinski definition) is 3. The molecular weight excluding hydrogens is 221 g/mol. The molecule has 17 heavy (non-hydrogen) atoms. The molecule has 0 aliphatic heterocycles. The van der Waals surface area contributed by atoms with Gasteiger partial charge in [-0.3, -0.25) is 0 Å². The first-order valence-electron chi connectivity index (χ1n) is 5.48. The van der Waals surface area contributed by atoms with Gasteiger partial charge in [0.1, 0.15) is 5.82 Å². The fraction of sp³-hybridized carbons (Fsp3) is 0.333. The Morgan fingerprint density at radius 1 is 1.35 bits per heavy atom. The number of nitrogens with zero attached hydrogens (tertiary/aromatic N) is 3. The zero-order valence-corrected chi connectivity index (χ0v) is 9.60. The molecule has 0 spiro atoms. The molecule has 0 saturated carbocycles. The molecule has 0 radical (unpaired) electrons. The first kappa shape index (κ1) is 11.7. The van der Waals surface area contributed by atoms with Crippen LogP contribution in [-0.4, -0.2) is 26.7 Å². The van der Waals surface area contributed by atoms with Crippen LogP contribution in [0.15, 0.2) is 24.4 Å². The molecule has 0 bridgehead atoms. The Morgan fingerprint density at radius 2 is 2.18 bits per heavy atom. The van der Waals surface area contributed by atoms with Crippen LogP contribution in [0.2, 0.25) is 0 Å². The van der Waals surface area contributed by atoms with Crippen molar-refractivity contribution in [3.8, 4) is 5.69 Å². The van der Waals surface area contributed by atoms with E-state index in [0.29, 0.717) is 18.5 Å². The summed E-state index contributed by atoms with van der Waals surface area (Å²) in [5.74, 6) is -0.285. The summed E-state index contributed by atoms with van der Waals surface area (Å²) in [7, 11) is 0. The molecule has 0 amide bonds. The lowest BCUT2D eigenvalue weighted by atomic mass is 10.2. The van der Waals surface area contributed by atoms with E-state index in [9.17, 15) is 4.39 Å². The summed E-state index contributed by atoms with van der Waals surface area (Å²) in [6.07, 6.45) is 3.08. The number of aryl methyl sites for hydroxylation is 2. The Kier molecular flexibility index (Phi) is 3.49. The van der Waals surface area contributed by atoms with Gasteiger partial charge in [-0.1, -0.05) is 5.21 Å². The van der Waals surface area contributed by atoms with E-state index >= 15 is 0 Å². The summed E-state index contributed by atoms with van der Waals surface area (Å²) in [6.45, 7) is 1.96. The summed E-state index contributed by atoms with van der Waals surface area (Å²) >= 11 is 0. The summed E-state index contributed by atoms with van der Waals surface area (Å²) in [6, 6.07) is 4.72. The Labute approximate surface area is 98.7 Å². The van der Waals surface area contributed by atoms with Crippen LogP contribution in [0.1, 0.15) is 17.7 Å². The zero-order chi connectivity index (χ0) is 12.3. The number of hydrogen-bond donors (Lipinski definition) is 1. The zero-order valence-electron chi connectivity index (χ0n) is 9.60. The number of aromatic nitrogens is 3. The third-order valence-electron chi connectivity index (χ3n) is 2.42. The minimum Gasteiger partial charge on any atom is -0.396 e. The quantitative estimate of drug-likeness (QED) is 0.876. The van der Waals surface area contributed by atoms with E-state index in [2.05, 4.69) is 10.3 Å². The summed E-state index contributed by atoms with van der Waals surface area (Å²) in [5, 5.41) is 16.6. The maximum absolute atomic E-state index is 13.2. The van der Waals surface area contributed by atoms with E-state index in [0.717, 1.165) is 11.3 Å². The van der Waals surface area contributed by atoms with Crippen LogP contribution in [0, 0.1) is 12.7 Å². The lowest BCUT2D eigenvalue weighted by molar-refractivity contribution is 0.288. The van der Waals surface area contributed by atoms with Crippen molar-refractivity contribution >= 4 is 0 Å². The van der Waals surface area contributed by atoms with Crippen molar-refractivity contribution < 1.29 is 9.50 Å². The Morgan fingerprint density at radius 3 is 2.88 bits per heavy atom. The highest BCUT2D eigenvalue weighted by molar-refractivity contribution is 5.35. The summed E-state index contributed by atoms with van der Waals surface area (Å²) in [4.78, 5) is 0. The van der Waals surface area contributed by atoms with Gasteiger partial charge in [0.2, 0.25) is 0 Å². The van der Waals surface area contributed by atoms with E-state index in [1.807, 2.05) is 13.0 Å². The van der Waals surface area contributed by atoms with Crippen LogP contribution in [0.5, 0.6) is 0 Å². The molecule has 0 aliphatic carbocycles. The molecule has 90 valence electrons. The summed E-state index contributed by atoms with van der Waals surface area (Å²) < 4.78 is 14.8. The van der Waals surface area contributed by atoms with Crippen molar-refractivity contribution in [2.45, 2.75) is 19.8 Å². The number of aliphatic hydroxyl groups excluding tert-OH is 1. The van der Waals surface area contributed by atoms with Gasteiger partial charge in [-0.05, 0) is 43.5 Å². The topological polar surface area (TPSA) is 50.9 Å². The van der Waals surface area contributed by atoms with Crippen molar-refractivity contribution in [2.75, 3.05) is 6.61 Å². The average Bonchev–Trinajstić information content (AvgIpc) is 2.73. The smallest absolute Gasteiger partial charge is 0.125 e. The van der Waals surface area contributed by atoms with E-state index in [-0.39, 0.29) is 12.4 Å². The number of halogens is 1. The molecule has 0 atom stereocenters. The van der Waals surface area contributed by atoms with Crippen LogP contribution in [0.25, 0.3) is 5.69 Å². The van der Waals surface area contributed by atoms with Gasteiger partial charge >= 0.3 is 0 Å². The molecule has 0 saturated heterocycles. The largest absolute Gasteiger partial charge is 0.396 e. The number of benzene rings is 1. The van der Waals surface area contributed by atoms with Crippen molar-refractivity contribution in [1.29, 1.82) is 0 Å². The molecule has 5 heteroatoms. The maximum Gasteiger partial charge on any atom is 0.125 e. The molecule has 4 nitrogen and oxygen atoms in total. The first-order valence-corrected chi connectivity index (χ1v) is 5.48. The van der Waals surface area contributed by atoms with Crippen molar-refractivity contribution in [1.82, 2.24) is 15.0 Å². The molecule has 0 fully saturated rings. The SMILES string of the molecule is Cc1cc(F)cc(-n2cc(CCCO)nn2)c1. The van der Waals surface area contributed by atoms with Gasteiger partial charge in [0.05, 0.1) is 17.6 Å². The lowest BCUT2D eigenvalue weighted by Gasteiger charge is -2.01. The molecule has 1 aromatic carbocycles. The normalized spacial score (nSPS) is 10.8. The molecule has 2 rings (SSSR count). The highest BCUT2D eigenvalue weighted by Gasteiger charge is 2.04. The highest BCUT2D eigenvalue weighted by Crippen LogP contribution is 2.12. The predicted octanol–water partition coefficient (Wildman–Crippen LogP) is 1.64. The van der Waals surface area contributed by atoms with E-state index in [1.165, 1.54) is 12.1 Å². The van der Waals surface area contributed by atoms with Gasteiger partial charge in [0.25, 0.3) is 0 Å². The molecule has 1 heterocycles. The predicted molar refractivity (Wildman–Crippen MR) is 61.5 cm³/mol. The van der Waals surface area contributed by atoms with Crippen LogP contribution in [0.3, 0.4) is 0 Å². The van der Waals surface area contributed by atoms with Gasteiger partial charge in [-0.2, -0.15) is 0 Å². The second-order valence-corrected chi connectivity index (χ2v) is 3.97. The third kappa shape index (κ3) is 2.88. The molecule has 1 aromatic heterocycles. The highest BCUT2D eigenvalue weighted by atomic mass is 19.1. The second-order valence-electron chi connectivity index (χ2n) is 3.97. The molecule has 0 aliphatic rings. The summed E-state index contributed by atoms with van der Waals surface area (Å²) in [5.41, 5.74) is 2.29. The standard InChI is InChI=1S/C12H14FN3O/c1-9-5-10(13)7-12(6-9)16-8-11(14-15-16)3-2-4-17/h5-8,17H,2-4H2,1H3. The van der Waals surface area contributed by atoms with Crippen LogP contribution >= 0.6 is 0 Å². The molecular formula is C12H14FN3O. The van der Waals surface area contributed by atoms with E-state index in [4.69, 9.17) is 5.11 Å². The fourth-order valence-corrected chi connectivity index (χ4v) is 1.65. The molecule has 2 aromatic rings. The molecule has 1 N–H and O–H groups in total.